The van der Waals surface area contributed by atoms with Gasteiger partial charge in [0, 0.05) is 43.2 Å². The van der Waals surface area contributed by atoms with E-state index in [1.165, 1.54) is 0 Å². The number of nitrogens with zero attached hydrogens (tertiary/aromatic N) is 3. The fraction of sp³-hybridized carbons (Fsp3) is 0.455. The Labute approximate surface area is 244 Å². The molecule has 7 rings (SSSR count). The molecule has 1 N–H and O–H groups in total. The molecule has 9 heteroatoms. The second-order valence-electron chi connectivity index (χ2n) is 11.8. The van der Waals surface area contributed by atoms with Gasteiger partial charge in [-0.3, -0.25) is 24.8 Å². The summed E-state index contributed by atoms with van der Waals surface area (Å²) in [4.78, 5) is 30.7. The van der Waals surface area contributed by atoms with E-state index in [1.54, 1.807) is 18.3 Å². The van der Waals surface area contributed by atoms with Crippen LogP contribution in [0.3, 0.4) is 0 Å². The minimum atomic E-state index is -0.709. The minimum absolute atomic E-state index is 0.253. The molecule has 0 bridgehead atoms. The van der Waals surface area contributed by atoms with Crippen LogP contribution in [0.5, 0.6) is 0 Å². The molecule has 3 unspecified atom stereocenters. The number of fused-ring (bicyclic) bond motifs is 2. The number of nitrogens with one attached hydrogen (secondary N) is 1. The van der Waals surface area contributed by atoms with E-state index < -0.39 is 22.5 Å². The van der Waals surface area contributed by atoms with Crippen molar-refractivity contribution in [3.8, 4) is 6.07 Å². The fourth-order valence-electron chi connectivity index (χ4n) is 6.75. The molecule has 3 aromatic rings. The first-order valence-electron chi connectivity index (χ1n) is 14.7. The molecule has 5 heterocycles. The number of ether oxygens (including phenoxy) is 2. The van der Waals surface area contributed by atoms with Crippen LogP contribution in [0.25, 0.3) is 10.9 Å². The first kappa shape index (κ1) is 28.4. The Kier molecular flexibility index (Phi) is 7.12. The third kappa shape index (κ3) is 4.49. The lowest BCUT2D eigenvalue weighted by atomic mass is 9.79. The summed E-state index contributed by atoms with van der Waals surface area (Å²) in [6.07, 6.45) is 2.89. The Morgan fingerprint density at radius 1 is 1.17 bits per heavy atom. The summed E-state index contributed by atoms with van der Waals surface area (Å²) >= 11 is 0. The van der Waals surface area contributed by atoms with Crippen LogP contribution in [0, 0.1) is 17.1 Å². The molecule has 2 aromatic carbocycles. The number of likely N-dealkylation sites (tertiary alicyclic amines) is 1. The molecule has 4 aliphatic heterocycles. The smallest absolute Gasteiger partial charge is 0.234 e. The largest absolute Gasteiger partial charge is 0.377 e. The summed E-state index contributed by atoms with van der Waals surface area (Å²) in [5.41, 5.74) is 2.03. The Balaban J connectivity index is 0.00000155. The van der Waals surface area contributed by atoms with Crippen molar-refractivity contribution < 1.29 is 23.5 Å². The maximum atomic E-state index is 16.1. The van der Waals surface area contributed by atoms with Gasteiger partial charge >= 0.3 is 0 Å². The molecule has 0 spiro atoms. The van der Waals surface area contributed by atoms with Crippen LogP contribution in [-0.4, -0.2) is 53.6 Å². The van der Waals surface area contributed by atoms with E-state index in [9.17, 15) is 14.9 Å². The summed E-state index contributed by atoms with van der Waals surface area (Å²) in [7, 11) is 0. The number of carbonyl (C=O) groups excluding carboxylic acids is 2. The van der Waals surface area contributed by atoms with Crippen LogP contribution in [0.2, 0.25) is 0 Å². The van der Waals surface area contributed by atoms with Gasteiger partial charge in [-0.2, -0.15) is 5.26 Å². The predicted molar refractivity (Wildman–Crippen MR) is 154 cm³/mol. The van der Waals surface area contributed by atoms with Crippen molar-refractivity contribution >= 4 is 22.7 Å². The minimum Gasteiger partial charge on any atom is -0.377 e. The number of nitriles is 1. The number of pyridine rings is 1. The number of imide groups is 1. The number of piperidine rings is 2. The molecule has 218 valence electrons. The zero-order chi connectivity index (χ0) is 29.7. The first-order valence-corrected chi connectivity index (χ1v) is 14.7. The van der Waals surface area contributed by atoms with Crippen molar-refractivity contribution in [2.45, 2.75) is 69.1 Å². The third-order valence-electron chi connectivity index (χ3n) is 9.24. The number of epoxide rings is 1. The van der Waals surface area contributed by atoms with Gasteiger partial charge in [0.2, 0.25) is 11.8 Å². The van der Waals surface area contributed by atoms with Gasteiger partial charge in [0.15, 0.2) is 0 Å². The van der Waals surface area contributed by atoms with Gasteiger partial charge in [0.05, 0.1) is 30.7 Å². The van der Waals surface area contributed by atoms with Crippen molar-refractivity contribution in [1.29, 1.82) is 5.26 Å². The van der Waals surface area contributed by atoms with Gasteiger partial charge < -0.3 is 9.47 Å². The number of amides is 2. The van der Waals surface area contributed by atoms with E-state index in [4.69, 9.17) is 9.47 Å². The van der Waals surface area contributed by atoms with E-state index in [2.05, 4.69) is 33.4 Å². The zero-order valence-electron chi connectivity index (χ0n) is 24.2. The first-order chi connectivity index (χ1) is 20.3. The molecule has 1 aromatic heterocycles. The summed E-state index contributed by atoms with van der Waals surface area (Å²) in [6.45, 7) is 9.07. The Hall–Kier alpha value is -3.71. The molecule has 4 aliphatic rings. The number of carbonyl (C=O) groups is 2. The monoisotopic (exact) mass is 570 g/mol. The Bertz CT molecular complexity index is 1600. The molecule has 4 saturated heterocycles. The van der Waals surface area contributed by atoms with Gasteiger partial charge in [-0.05, 0) is 48.6 Å². The summed E-state index contributed by atoms with van der Waals surface area (Å²) in [6, 6.07) is 15.9. The van der Waals surface area contributed by atoms with E-state index in [1.807, 2.05) is 39.0 Å². The molecule has 0 aliphatic carbocycles. The van der Waals surface area contributed by atoms with Crippen molar-refractivity contribution in [3.05, 3.63) is 76.7 Å². The van der Waals surface area contributed by atoms with Crippen LogP contribution in [-0.2, 0) is 36.6 Å². The fourth-order valence-corrected chi connectivity index (χ4v) is 6.75. The second-order valence-corrected chi connectivity index (χ2v) is 11.8. The van der Waals surface area contributed by atoms with E-state index in [0.29, 0.717) is 54.6 Å². The molecule has 3 atom stereocenters. The van der Waals surface area contributed by atoms with Crippen LogP contribution in [0.4, 0.5) is 4.39 Å². The summed E-state index contributed by atoms with van der Waals surface area (Å²) in [5.74, 6) is -1.54. The highest BCUT2D eigenvalue weighted by Gasteiger charge is 2.70. The lowest BCUT2D eigenvalue weighted by Crippen LogP contribution is -2.45. The van der Waals surface area contributed by atoms with Crippen molar-refractivity contribution in [2.24, 2.45) is 0 Å². The zero-order valence-corrected chi connectivity index (χ0v) is 24.2. The van der Waals surface area contributed by atoms with Gasteiger partial charge in [0.1, 0.15) is 22.4 Å². The maximum Gasteiger partial charge on any atom is 0.234 e. The molecule has 0 saturated carbocycles. The predicted octanol–water partition coefficient (Wildman–Crippen LogP) is 4.60. The molecule has 42 heavy (non-hydrogen) atoms. The van der Waals surface area contributed by atoms with Crippen molar-refractivity contribution in [1.82, 2.24) is 15.2 Å². The highest BCUT2D eigenvalue weighted by Crippen LogP contribution is 2.61. The molecule has 4 fully saturated rings. The van der Waals surface area contributed by atoms with Crippen LogP contribution >= 0.6 is 0 Å². The van der Waals surface area contributed by atoms with Crippen LogP contribution in [0.1, 0.15) is 68.2 Å². The van der Waals surface area contributed by atoms with Gasteiger partial charge in [0.25, 0.3) is 0 Å². The van der Waals surface area contributed by atoms with Crippen LogP contribution < -0.4 is 5.32 Å². The number of aromatic nitrogens is 1. The second kappa shape index (κ2) is 10.5. The Morgan fingerprint density at radius 3 is 2.57 bits per heavy atom. The van der Waals surface area contributed by atoms with E-state index >= 15 is 4.39 Å². The van der Waals surface area contributed by atoms with Gasteiger partial charge in [-0.15, -0.1) is 0 Å². The van der Waals surface area contributed by atoms with Gasteiger partial charge in [-0.1, -0.05) is 44.2 Å². The number of hydrogen-bond acceptors (Lipinski definition) is 7. The average Bonchev–Trinajstić information content (AvgIpc) is 3.60. The van der Waals surface area contributed by atoms with Gasteiger partial charge in [-0.25, -0.2) is 4.39 Å². The lowest BCUT2D eigenvalue weighted by Gasteiger charge is -2.35. The van der Waals surface area contributed by atoms with E-state index in [-0.39, 0.29) is 24.1 Å². The Morgan fingerprint density at radius 2 is 1.93 bits per heavy atom. The molecule has 2 amide bonds. The number of halogens is 1. The number of hydrogen-bond donors (Lipinski definition) is 1. The van der Waals surface area contributed by atoms with Crippen molar-refractivity contribution in [3.63, 3.8) is 0 Å². The topological polar surface area (TPSA) is 108 Å². The highest BCUT2D eigenvalue weighted by molar-refractivity contribution is 6.01. The quantitative estimate of drug-likeness (QED) is 0.353. The summed E-state index contributed by atoms with van der Waals surface area (Å²) < 4.78 is 27.8. The molecular formula is C33H35FN4O4. The average molecular weight is 571 g/mol. The van der Waals surface area contributed by atoms with Crippen molar-refractivity contribution in [2.75, 3.05) is 26.3 Å². The molecule has 0 radical (unpaired) electrons. The standard InChI is InChI=1S/C31H29FN4O4.C2H6/c1-29-16-36(14-19-2-4-21(5-3-19)30(15-33)17-39-18-30)11-10-31(29,40-29)24-7-8-25-23(27(24)32)12-20(13-34-25)22-6-9-26(37)35-28(22)38;1-2/h2-5,7-8,12-13,22H,6,9-11,14,16-18H2,1H3,(H,35,37,38);1-2H3. The lowest BCUT2D eigenvalue weighted by molar-refractivity contribution is -0.134. The molecule has 8 nitrogen and oxygen atoms in total. The normalized spacial score (nSPS) is 28.0. The molecular weight excluding hydrogens is 535 g/mol. The maximum absolute atomic E-state index is 16.1. The SMILES string of the molecule is CC.CC12CN(Cc3ccc(C4(C#N)COC4)cc3)CCC1(c1ccc3ncc(C4CCC(=O)NC4=O)cc3c1F)O2. The number of rotatable bonds is 5. The summed E-state index contributed by atoms with van der Waals surface area (Å²) in [5, 5.41) is 12.3. The van der Waals surface area contributed by atoms with E-state index in [0.717, 1.165) is 24.2 Å². The highest BCUT2D eigenvalue weighted by atomic mass is 19.1. The number of benzene rings is 2. The van der Waals surface area contributed by atoms with Crippen LogP contribution in [0.15, 0.2) is 48.7 Å². The third-order valence-corrected chi connectivity index (χ3v) is 9.24.